The van der Waals surface area contributed by atoms with Crippen LogP contribution in [-0.2, 0) is 0 Å². The Morgan fingerprint density at radius 1 is 1.24 bits per heavy atom. The molecule has 1 saturated heterocycles. The smallest absolute Gasteiger partial charge is 0.199 e. The third-order valence-electron chi connectivity index (χ3n) is 2.97. The summed E-state index contributed by atoms with van der Waals surface area (Å²) in [6.07, 6.45) is 3.48. The van der Waals surface area contributed by atoms with Crippen LogP contribution in [0.25, 0.3) is 5.65 Å². The second-order valence-corrected chi connectivity index (χ2v) is 4.59. The maximum atomic E-state index is 4.18. The van der Waals surface area contributed by atoms with E-state index in [1.807, 2.05) is 6.20 Å². The van der Waals surface area contributed by atoms with Crippen molar-refractivity contribution in [3.63, 3.8) is 0 Å². The highest BCUT2D eigenvalue weighted by molar-refractivity contribution is 5.46. The maximum Gasteiger partial charge on any atom is 0.199 e. The molecule has 17 heavy (non-hydrogen) atoms. The van der Waals surface area contributed by atoms with Crippen molar-refractivity contribution in [2.45, 2.75) is 25.9 Å². The van der Waals surface area contributed by atoms with Crippen LogP contribution in [0.15, 0.2) is 12.4 Å². The molecule has 90 valence electrons. The molecule has 0 aromatic carbocycles. The molecule has 0 spiro atoms. The van der Waals surface area contributed by atoms with Gasteiger partial charge < -0.3 is 10.2 Å². The van der Waals surface area contributed by atoms with Gasteiger partial charge >= 0.3 is 0 Å². The van der Waals surface area contributed by atoms with E-state index in [9.17, 15) is 0 Å². The fourth-order valence-electron chi connectivity index (χ4n) is 2.39. The Morgan fingerprint density at radius 2 is 2.00 bits per heavy atom. The minimum atomic E-state index is 0.450. The van der Waals surface area contributed by atoms with E-state index in [0.717, 1.165) is 18.9 Å². The Kier molecular flexibility index (Phi) is 2.40. The van der Waals surface area contributed by atoms with Crippen molar-refractivity contribution >= 4 is 11.5 Å². The molecule has 0 aliphatic carbocycles. The van der Waals surface area contributed by atoms with Crippen LogP contribution in [0.1, 0.15) is 13.8 Å². The lowest BCUT2D eigenvalue weighted by Gasteiger charge is -2.37. The van der Waals surface area contributed by atoms with E-state index in [4.69, 9.17) is 0 Å². The number of anilines is 1. The van der Waals surface area contributed by atoms with E-state index in [0.29, 0.717) is 17.7 Å². The van der Waals surface area contributed by atoms with Gasteiger partial charge in [-0.3, -0.25) is 4.98 Å². The highest BCUT2D eigenvalue weighted by atomic mass is 15.5. The summed E-state index contributed by atoms with van der Waals surface area (Å²) in [5.41, 5.74) is 0.682. The summed E-state index contributed by atoms with van der Waals surface area (Å²) < 4.78 is 1.73. The summed E-state index contributed by atoms with van der Waals surface area (Å²) >= 11 is 0. The Bertz CT molecular complexity index is 512. The van der Waals surface area contributed by atoms with E-state index in [-0.39, 0.29) is 0 Å². The third kappa shape index (κ3) is 1.82. The van der Waals surface area contributed by atoms with Gasteiger partial charge in [0.25, 0.3) is 0 Å². The van der Waals surface area contributed by atoms with Crippen molar-refractivity contribution < 1.29 is 0 Å². The summed E-state index contributed by atoms with van der Waals surface area (Å²) in [6, 6.07) is 0.899. The molecule has 2 atom stereocenters. The summed E-state index contributed by atoms with van der Waals surface area (Å²) in [6.45, 7) is 6.22. The largest absolute Gasteiger partial charge is 0.352 e. The number of aromatic nitrogens is 5. The molecule has 1 N–H and O–H groups in total. The van der Waals surface area contributed by atoms with Crippen LogP contribution < -0.4 is 10.2 Å². The SMILES string of the molecule is CC1CN(c2cncc3nnnn23)CC(C)N1. The van der Waals surface area contributed by atoms with E-state index < -0.39 is 0 Å². The lowest BCUT2D eigenvalue weighted by molar-refractivity contribution is 0.403. The van der Waals surface area contributed by atoms with Gasteiger partial charge in [-0.2, -0.15) is 4.52 Å². The molecule has 7 heteroatoms. The number of piperazine rings is 1. The molecule has 0 radical (unpaired) electrons. The van der Waals surface area contributed by atoms with E-state index in [1.54, 1.807) is 10.7 Å². The summed E-state index contributed by atoms with van der Waals surface area (Å²) in [5, 5.41) is 15.1. The van der Waals surface area contributed by atoms with Crippen LogP contribution in [0.5, 0.6) is 0 Å². The lowest BCUT2D eigenvalue weighted by atomic mass is 10.1. The van der Waals surface area contributed by atoms with E-state index >= 15 is 0 Å². The van der Waals surface area contributed by atoms with Crippen LogP contribution in [0.2, 0.25) is 0 Å². The van der Waals surface area contributed by atoms with E-state index in [2.05, 4.69) is 44.6 Å². The molecule has 2 aromatic rings. The average molecular weight is 233 g/mol. The van der Waals surface area contributed by atoms with Crippen LogP contribution >= 0.6 is 0 Å². The van der Waals surface area contributed by atoms with Crippen molar-refractivity contribution in [2.24, 2.45) is 0 Å². The zero-order valence-corrected chi connectivity index (χ0v) is 9.91. The first-order valence-electron chi connectivity index (χ1n) is 5.77. The third-order valence-corrected chi connectivity index (χ3v) is 2.97. The minimum absolute atomic E-state index is 0.450. The van der Waals surface area contributed by atoms with Crippen LogP contribution in [0, 0.1) is 0 Å². The van der Waals surface area contributed by atoms with Gasteiger partial charge in [0.05, 0.1) is 12.4 Å². The number of fused-ring (bicyclic) bond motifs is 1. The van der Waals surface area contributed by atoms with Gasteiger partial charge in [-0.05, 0) is 24.3 Å². The van der Waals surface area contributed by atoms with Crippen molar-refractivity contribution in [1.29, 1.82) is 0 Å². The second kappa shape index (κ2) is 3.92. The van der Waals surface area contributed by atoms with E-state index in [1.165, 1.54) is 0 Å². The van der Waals surface area contributed by atoms with Gasteiger partial charge in [0.15, 0.2) is 11.5 Å². The monoisotopic (exact) mass is 233 g/mol. The molecular weight excluding hydrogens is 218 g/mol. The molecule has 1 aliphatic heterocycles. The van der Waals surface area contributed by atoms with Crippen LogP contribution in [0.4, 0.5) is 5.82 Å². The number of nitrogens with zero attached hydrogens (tertiary/aromatic N) is 6. The second-order valence-electron chi connectivity index (χ2n) is 4.59. The fourth-order valence-corrected chi connectivity index (χ4v) is 2.39. The lowest BCUT2D eigenvalue weighted by Crippen LogP contribution is -2.54. The molecule has 0 amide bonds. The number of hydrogen-bond donors (Lipinski definition) is 1. The number of tetrazole rings is 1. The highest BCUT2D eigenvalue weighted by Crippen LogP contribution is 2.16. The molecule has 2 aromatic heterocycles. The highest BCUT2D eigenvalue weighted by Gasteiger charge is 2.23. The molecule has 1 aliphatic rings. The van der Waals surface area contributed by atoms with Gasteiger partial charge in [-0.25, -0.2) is 0 Å². The number of nitrogens with one attached hydrogen (secondary N) is 1. The van der Waals surface area contributed by atoms with Crippen molar-refractivity contribution in [2.75, 3.05) is 18.0 Å². The summed E-state index contributed by atoms with van der Waals surface area (Å²) in [7, 11) is 0. The van der Waals surface area contributed by atoms with Crippen molar-refractivity contribution in [3.8, 4) is 0 Å². The number of rotatable bonds is 1. The molecule has 3 rings (SSSR count). The first kappa shape index (κ1) is 10.4. The molecule has 2 unspecified atom stereocenters. The standard InChI is InChI=1S/C10H15N7/c1-7-5-16(6-8(2)12-7)10-4-11-3-9-13-14-15-17(9)10/h3-4,7-8,12H,5-6H2,1-2H3. The van der Waals surface area contributed by atoms with Gasteiger partial charge in [0.2, 0.25) is 0 Å². The average Bonchev–Trinajstić information content (AvgIpc) is 2.75. The molecule has 7 nitrogen and oxygen atoms in total. The van der Waals surface area contributed by atoms with Crippen LogP contribution in [0.3, 0.4) is 0 Å². The maximum absolute atomic E-state index is 4.18. The topological polar surface area (TPSA) is 71.2 Å². The van der Waals surface area contributed by atoms with Gasteiger partial charge in [0, 0.05) is 25.2 Å². The summed E-state index contributed by atoms with van der Waals surface area (Å²) in [4.78, 5) is 6.45. The molecule has 3 heterocycles. The summed E-state index contributed by atoms with van der Waals surface area (Å²) in [5.74, 6) is 0.952. The quantitative estimate of drug-likeness (QED) is 0.729. The molecule has 0 saturated carbocycles. The van der Waals surface area contributed by atoms with Crippen molar-refractivity contribution in [1.82, 2.24) is 30.3 Å². The Hall–Kier alpha value is -1.76. The Morgan fingerprint density at radius 3 is 2.76 bits per heavy atom. The Labute approximate surface area is 98.8 Å². The first-order valence-corrected chi connectivity index (χ1v) is 5.77. The number of hydrogen-bond acceptors (Lipinski definition) is 6. The predicted molar refractivity (Wildman–Crippen MR) is 62.8 cm³/mol. The normalized spacial score (nSPS) is 25.4. The fraction of sp³-hybridized carbons (Fsp3) is 0.600. The predicted octanol–water partition coefficient (Wildman–Crippen LogP) is -0.294. The van der Waals surface area contributed by atoms with Gasteiger partial charge in [-0.15, -0.1) is 5.10 Å². The van der Waals surface area contributed by atoms with Gasteiger partial charge in [-0.1, -0.05) is 0 Å². The zero-order valence-electron chi connectivity index (χ0n) is 9.91. The first-order chi connectivity index (χ1) is 8.24. The van der Waals surface area contributed by atoms with Crippen LogP contribution in [-0.4, -0.2) is 50.2 Å². The molecule has 1 fully saturated rings. The van der Waals surface area contributed by atoms with Gasteiger partial charge in [0.1, 0.15) is 0 Å². The molecular formula is C10H15N7. The zero-order chi connectivity index (χ0) is 11.8. The Balaban J connectivity index is 2.00. The van der Waals surface area contributed by atoms with Crippen molar-refractivity contribution in [3.05, 3.63) is 12.4 Å². The minimum Gasteiger partial charge on any atom is -0.352 e. The molecule has 0 bridgehead atoms.